The van der Waals surface area contributed by atoms with Crippen molar-refractivity contribution >= 4 is 6.03 Å². The third-order valence-electron chi connectivity index (χ3n) is 3.08. The number of nitrogens with one attached hydrogen (secondary N) is 2. The average Bonchev–Trinajstić information content (AvgIpc) is 3.07. The number of pyridine rings is 1. The van der Waals surface area contributed by atoms with Gasteiger partial charge in [-0.15, -0.1) is 0 Å². The maximum atomic E-state index is 12.1. The van der Waals surface area contributed by atoms with E-state index in [1.165, 1.54) is 0 Å². The van der Waals surface area contributed by atoms with Crippen LogP contribution in [-0.4, -0.2) is 24.2 Å². The summed E-state index contributed by atoms with van der Waals surface area (Å²) in [7, 11) is 0. The van der Waals surface area contributed by atoms with Gasteiger partial charge in [0.1, 0.15) is 11.8 Å². The first-order valence-electron chi connectivity index (χ1n) is 7.70. The Labute approximate surface area is 136 Å². The Balaban J connectivity index is 1.85. The van der Waals surface area contributed by atoms with Crippen molar-refractivity contribution < 1.29 is 13.9 Å². The molecule has 6 heteroatoms. The van der Waals surface area contributed by atoms with Gasteiger partial charge < -0.3 is 19.8 Å². The van der Waals surface area contributed by atoms with E-state index in [1.807, 2.05) is 24.3 Å². The number of nitrogens with zero attached hydrogens (tertiary/aromatic N) is 1. The van der Waals surface area contributed by atoms with E-state index < -0.39 is 0 Å². The summed E-state index contributed by atoms with van der Waals surface area (Å²) < 4.78 is 11.0. The second-order valence-electron chi connectivity index (χ2n) is 5.65. The van der Waals surface area contributed by atoms with Crippen molar-refractivity contribution in [3.63, 3.8) is 0 Å². The van der Waals surface area contributed by atoms with Gasteiger partial charge in [0.05, 0.1) is 25.1 Å². The average molecular weight is 317 g/mol. The molecule has 0 radical (unpaired) electrons. The van der Waals surface area contributed by atoms with Crippen LogP contribution in [0.2, 0.25) is 0 Å². The third kappa shape index (κ3) is 6.12. The van der Waals surface area contributed by atoms with E-state index in [9.17, 15) is 4.79 Å². The van der Waals surface area contributed by atoms with Crippen molar-refractivity contribution in [1.82, 2.24) is 15.6 Å². The fourth-order valence-electron chi connectivity index (χ4n) is 1.99. The summed E-state index contributed by atoms with van der Waals surface area (Å²) in [6, 6.07) is 8.57. The van der Waals surface area contributed by atoms with E-state index in [1.54, 1.807) is 18.5 Å². The zero-order valence-corrected chi connectivity index (χ0v) is 13.5. The van der Waals surface area contributed by atoms with E-state index >= 15 is 0 Å². The lowest BCUT2D eigenvalue weighted by Crippen LogP contribution is -2.39. The Hall–Kier alpha value is -2.34. The summed E-state index contributed by atoms with van der Waals surface area (Å²) in [6.45, 7) is 5.52. The number of carbonyl (C=O) groups is 1. The molecule has 0 saturated heterocycles. The highest BCUT2D eigenvalue weighted by atomic mass is 16.5. The van der Waals surface area contributed by atoms with E-state index in [0.29, 0.717) is 31.4 Å². The van der Waals surface area contributed by atoms with E-state index in [4.69, 9.17) is 9.15 Å². The summed E-state index contributed by atoms with van der Waals surface area (Å²) >= 11 is 0. The van der Waals surface area contributed by atoms with Gasteiger partial charge in [-0.25, -0.2) is 4.79 Å². The number of hydrogen-bond donors (Lipinski definition) is 2. The van der Waals surface area contributed by atoms with Crippen molar-refractivity contribution in [2.45, 2.75) is 26.4 Å². The van der Waals surface area contributed by atoms with Crippen LogP contribution >= 0.6 is 0 Å². The van der Waals surface area contributed by atoms with E-state index in [2.05, 4.69) is 29.5 Å². The van der Waals surface area contributed by atoms with Gasteiger partial charge in [-0.3, -0.25) is 4.98 Å². The molecule has 2 heterocycles. The Morgan fingerprint density at radius 3 is 2.78 bits per heavy atom. The van der Waals surface area contributed by atoms with Crippen LogP contribution in [-0.2, 0) is 11.3 Å². The van der Waals surface area contributed by atoms with Gasteiger partial charge in [0.2, 0.25) is 0 Å². The number of amides is 2. The number of furan rings is 1. The Kier molecular flexibility index (Phi) is 6.62. The highest BCUT2D eigenvalue weighted by Gasteiger charge is 2.17. The largest absolute Gasteiger partial charge is 0.467 e. The van der Waals surface area contributed by atoms with Gasteiger partial charge >= 0.3 is 6.03 Å². The Morgan fingerprint density at radius 1 is 1.26 bits per heavy atom. The molecule has 23 heavy (non-hydrogen) atoms. The van der Waals surface area contributed by atoms with Crippen LogP contribution in [0.4, 0.5) is 4.79 Å². The zero-order valence-electron chi connectivity index (χ0n) is 13.5. The molecule has 0 aliphatic carbocycles. The van der Waals surface area contributed by atoms with Crippen LogP contribution in [0.5, 0.6) is 0 Å². The van der Waals surface area contributed by atoms with Gasteiger partial charge in [0.25, 0.3) is 0 Å². The van der Waals surface area contributed by atoms with E-state index in [-0.39, 0.29) is 12.1 Å². The molecule has 0 fully saturated rings. The molecule has 2 aromatic heterocycles. The van der Waals surface area contributed by atoms with Gasteiger partial charge in [-0.1, -0.05) is 19.9 Å². The standard InChI is InChI=1S/C17H23N3O3/c1-13(2)11-22-12-15(16-7-5-9-23-16)20-17(21)19-10-14-6-3-4-8-18-14/h3-9,13,15H,10-12H2,1-2H3,(H2,19,20,21). The lowest BCUT2D eigenvalue weighted by Gasteiger charge is -2.18. The predicted octanol–water partition coefficient (Wildman–Crippen LogP) is 2.89. The van der Waals surface area contributed by atoms with Crippen LogP contribution in [0.25, 0.3) is 0 Å². The van der Waals surface area contributed by atoms with Crippen LogP contribution in [0.1, 0.15) is 31.3 Å². The highest BCUT2D eigenvalue weighted by molar-refractivity contribution is 5.74. The smallest absolute Gasteiger partial charge is 0.315 e. The van der Waals surface area contributed by atoms with Gasteiger partial charge in [0, 0.05) is 12.8 Å². The van der Waals surface area contributed by atoms with Crippen LogP contribution in [0, 0.1) is 5.92 Å². The molecular weight excluding hydrogens is 294 g/mol. The van der Waals surface area contributed by atoms with Crippen molar-refractivity contribution in [1.29, 1.82) is 0 Å². The number of carbonyl (C=O) groups excluding carboxylic acids is 1. The molecule has 2 rings (SSSR count). The monoisotopic (exact) mass is 317 g/mol. The number of ether oxygens (including phenoxy) is 1. The lowest BCUT2D eigenvalue weighted by molar-refractivity contribution is 0.0868. The molecule has 0 aromatic carbocycles. The minimum absolute atomic E-state index is 0.287. The maximum absolute atomic E-state index is 12.1. The molecule has 2 amide bonds. The van der Waals surface area contributed by atoms with Crippen molar-refractivity contribution in [3.8, 4) is 0 Å². The normalized spacial score (nSPS) is 12.1. The molecule has 1 atom stereocenters. The van der Waals surface area contributed by atoms with E-state index in [0.717, 1.165) is 5.69 Å². The molecule has 0 aliphatic rings. The molecule has 0 aliphatic heterocycles. The minimum atomic E-state index is -0.326. The molecule has 2 aromatic rings. The Bertz CT molecular complexity index is 570. The number of hydrogen-bond acceptors (Lipinski definition) is 4. The third-order valence-corrected chi connectivity index (χ3v) is 3.08. The first-order chi connectivity index (χ1) is 11.1. The summed E-state index contributed by atoms with van der Waals surface area (Å²) in [5, 5.41) is 5.65. The molecular formula is C17H23N3O3. The summed E-state index contributed by atoms with van der Waals surface area (Å²) in [4.78, 5) is 16.2. The molecule has 0 saturated carbocycles. The Morgan fingerprint density at radius 2 is 2.13 bits per heavy atom. The molecule has 0 spiro atoms. The maximum Gasteiger partial charge on any atom is 0.315 e. The first kappa shape index (κ1) is 17.0. The molecule has 2 N–H and O–H groups in total. The van der Waals surface area contributed by atoms with Crippen molar-refractivity contribution in [3.05, 3.63) is 54.2 Å². The second-order valence-corrected chi connectivity index (χ2v) is 5.65. The van der Waals surface area contributed by atoms with Crippen LogP contribution in [0.3, 0.4) is 0 Å². The topological polar surface area (TPSA) is 76.4 Å². The summed E-state index contributed by atoms with van der Waals surface area (Å²) in [5.41, 5.74) is 0.799. The second kappa shape index (κ2) is 8.95. The highest BCUT2D eigenvalue weighted by Crippen LogP contribution is 2.14. The first-order valence-corrected chi connectivity index (χ1v) is 7.70. The predicted molar refractivity (Wildman–Crippen MR) is 86.7 cm³/mol. The number of urea groups is 1. The summed E-state index contributed by atoms with van der Waals surface area (Å²) in [6.07, 6.45) is 3.28. The van der Waals surface area contributed by atoms with Crippen molar-refractivity contribution in [2.24, 2.45) is 5.92 Å². The number of rotatable bonds is 8. The van der Waals surface area contributed by atoms with Crippen LogP contribution < -0.4 is 10.6 Å². The fraction of sp³-hybridized carbons (Fsp3) is 0.412. The van der Waals surface area contributed by atoms with Crippen LogP contribution in [0.15, 0.2) is 47.2 Å². The van der Waals surface area contributed by atoms with Gasteiger partial charge in [-0.05, 0) is 30.2 Å². The molecule has 124 valence electrons. The quantitative estimate of drug-likeness (QED) is 0.785. The lowest BCUT2D eigenvalue weighted by atomic mass is 10.2. The van der Waals surface area contributed by atoms with Crippen molar-refractivity contribution in [2.75, 3.05) is 13.2 Å². The molecule has 1 unspecified atom stereocenters. The zero-order chi connectivity index (χ0) is 16.5. The SMILES string of the molecule is CC(C)COCC(NC(=O)NCc1ccccn1)c1ccco1. The molecule has 0 bridgehead atoms. The minimum Gasteiger partial charge on any atom is -0.467 e. The summed E-state index contributed by atoms with van der Waals surface area (Å²) in [5.74, 6) is 1.10. The number of aromatic nitrogens is 1. The van der Waals surface area contributed by atoms with Gasteiger partial charge in [0.15, 0.2) is 0 Å². The molecule has 6 nitrogen and oxygen atoms in total. The van der Waals surface area contributed by atoms with Gasteiger partial charge in [-0.2, -0.15) is 0 Å². The fourth-order valence-corrected chi connectivity index (χ4v) is 1.99.